The van der Waals surface area contributed by atoms with Gasteiger partial charge in [-0.25, -0.2) is 0 Å². The first-order valence-corrected chi connectivity index (χ1v) is 7.98. The van der Waals surface area contributed by atoms with Crippen molar-refractivity contribution in [2.24, 2.45) is 0 Å². The molecule has 3 aliphatic rings. The number of allylic oxidation sites excluding steroid dienone is 2. The molecule has 6 nitrogen and oxygen atoms in total. The molecule has 0 unspecified atom stereocenters. The lowest BCUT2D eigenvalue weighted by atomic mass is 10.0. The van der Waals surface area contributed by atoms with Crippen molar-refractivity contribution in [3.8, 4) is 0 Å². The van der Waals surface area contributed by atoms with Gasteiger partial charge in [0.2, 0.25) is 0 Å². The highest BCUT2D eigenvalue weighted by Gasteiger charge is 2.37. The number of anilines is 1. The minimum Gasteiger partial charge on any atom is -0.467 e. The van der Waals surface area contributed by atoms with E-state index in [1.165, 1.54) is 0 Å². The van der Waals surface area contributed by atoms with Crippen molar-refractivity contribution in [1.29, 1.82) is 5.41 Å². The van der Waals surface area contributed by atoms with E-state index in [2.05, 4.69) is 11.4 Å². The Morgan fingerprint density at radius 3 is 3.04 bits per heavy atom. The third kappa shape index (κ3) is 1.76. The summed E-state index contributed by atoms with van der Waals surface area (Å²) in [4.78, 5) is 14.5. The summed E-state index contributed by atoms with van der Waals surface area (Å²) in [6.07, 6.45) is 9.67. The lowest BCUT2D eigenvalue weighted by Crippen LogP contribution is -2.26. The van der Waals surface area contributed by atoms with E-state index in [1.54, 1.807) is 16.9 Å². The molecule has 0 aromatic carbocycles. The third-order valence-corrected chi connectivity index (χ3v) is 4.88. The van der Waals surface area contributed by atoms with Crippen molar-refractivity contribution >= 4 is 11.7 Å². The molecular weight excluding hydrogens is 304 g/mol. The molecule has 2 atom stereocenters. The molecule has 0 bridgehead atoms. The maximum absolute atomic E-state index is 12.6. The smallest absolute Gasteiger partial charge is 0.253 e. The van der Waals surface area contributed by atoms with Gasteiger partial charge in [0.1, 0.15) is 17.4 Å². The van der Waals surface area contributed by atoms with Crippen LogP contribution in [0.15, 0.2) is 58.0 Å². The molecule has 0 saturated carbocycles. The van der Waals surface area contributed by atoms with Gasteiger partial charge in [0.25, 0.3) is 5.56 Å². The van der Waals surface area contributed by atoms with Crippen LogP contribution in [0.25, 0.3) is 0 Å². The van der Waals surface area contributed by atoms with Crippen LogP contribution in [0.5, 0.6) is 0 Å². The predicted octanol–water partition coefficient (Wildman–Crippen LogP) is 2.24. The van der Waals surface area contributed by atoms with Gasteiger partial charge in [-0.2, -0.15) is 0 Å². The summed E-state index contributed by atoms with van der Waals surface area (Å²) in [6, 6.07) is 5.47. The Hall–Kier alpha value is -3.02. The minimum atomic E-state index is -0.0188. The third-order valence-electron chi connectivity index (χ3n) is 4.88. The Morgan fingerprint density at radius 1 is 1.33 bits per heavy atom. The van der Waals surface area contributed by atoms with Crippen molar-refractivity contribution in [3.63, 3.8) is 0 Å². The second-order valence-corrected chi connectivity index (χ2v) is 6.32. The molecule has 0 fully saturated rings. The minimum absolute atomic E-state index is 0.0173. The number of hydrogen-bond donors (Lipinski definition) is 2. The van der Waals surface area contributed by atoms with Gasteiger partial charge in [0, 0.05) is 12.6 Å². The largest absolute Gasteiger partial charge is 0.467 e. The normalized spacial score (nSPS) is 23.2. The monoisotopic (exact) mass is 320 g/mol. The number of nitrogens with zero attached hydrogens (tertiary/aromatic N) is 2. The standard InChI is InChI=1S/C18H16N4O2/c19-17-16-11(9-21(17)10-12-4-3-7-24-12)8-15(23)22-14-6-2-1-5-13(14)20-18(16)22/h1-8,13-14,19-20H,9-10H2/t13-,14+/m1/s1. The van der Waals surface area contributed by atoms with Crippen molar-refractivity contribution in [3.05, 3.63) is 76.0 Å². The van der Waals surface area contributed by atoms with Crippen molar-refractivity contribution in [1.82, 2.24) is 9.47 Å². The molecule has 0 radical (unpaired) electrons. The molecule has 1 aliphatic carbocycles. The first-order chi connectivity index (χ1) is 11.7. The Bertz CT molecular complexity index is 952. The van der Waals surface area contributed by atoms with Gasteiger partial charge >= 0.3 is 0 Å². The van der Waals surface area contributed by atoms with Gasteiger partial charge < -0.3 is 14.6 Å². The first-order valence-electron chi connectivity index (χ1n) is 7.98. The van der Waals surface area contributed by atoms with Crippen LogP contribution in [-0.4, -0.2) is 21.3 Å². The van der Waals surface area contributed by atoms with Gasteiger partial charge in [-0.15, -0.1) is 0 Å². The second-order valence-electron chi connectivity index (χ2n) is 6.32. The summed E-state index contributed by atoms with van der Waals surface area (Å²) in [5.41, 5.74) is 1.72. The summed E-state index contributed by atoms with van der Waals surface area (Å²) in [5, 5.41) is 12.0. The Labute approximate surface area is 138 Å². The zero-order chi connectivity index (χ0) is 16.3. The number of fused-ring (bicyclic) bond motifs is 5. The fourth-order valence-corrected chi connectivity index (χ4v) is 3.80. The van der Waals surface area contributed by atoms with E-state index in [1.807, 2.05) is 35.3 Å². The van der Waals surface area contributed by atoms with Crippen molar-refractivity contribution in [2.45, 2.75) is 25.2 Å². The highest BCUT2D eigenvalue weighted by molar-refractivity contribution is 6.04. The number of rotatable bonds is 2. The molecule has 0 saturated heterocycles. The molecule has 2 aliphatic heterocycles. The number of furan rings is 1. The van der Waals surface area contributed by atoms with Crippen LogP contribution >= 0.6 is 0 Å². The Kier molecular flexibility index (Phi) is 2.65. The van der Waals surface area contributed by atoms with Crippen LogP contribution in [0.1, 0.15) is 22.9 Å². The fraction of sp³-hybridized carbons (Fsp3) is 0.222. The lowest BCUT2D eigenvalue weighted by molar-refractivity contribution is 0.366. The molecule has 5 rings (SSSR count). The molecule has 4 heterocycles. The quantitative estimate of drug-likeness (QED) is 0.890. The summed E-state index contributed by atoms with van der Waals surface area (Å²) < 4.78 is 7.17. The molecule has 24 heavy (non-hydrogen) atoms. The van der Waals surface area contributed by atoms with Gasteiger partial charge in [-0.1, -0.05) is 24.3 Å². The molecular formula is C18H16N4O2. The molecule has 120 valence electrons. The van der Waals surface area contributed by atoms with Crippen LogP contribution in [0, 0.1) is 5.41 Å². The van der Waals surface area contributed by atoms with Crippen LogP contribution in [0.3, 0.4) is 0 Å². The highest BCUT2D eigenvalue weighted by atomic mass is 16.3. The van der Waals surface area contributed by atoms with Gasteiger partial charge in [0.05, 0.1) is 30.5 Å². The van der Waals surface area contributed by atoms with Gasteiger partial charge in [-0.3, -0.25) is 14.8 Å². The van der Waals surface area contributed by atoms with Crippen LogP contribution < -0.4 is 10.9 Å². The number of amidine groups is 1. The number of aromatic nitrogens is 1. The lowest BCUT2D eigenvalue weighted by Gasteiger charge is -2.16. The van der Waals surface area contributed by atoms with E-state index in [-0.39, 0.29) is 17.6 Å². The molecule has 6 heteroatoms. The van der Waals surface area contributed by atoms with E-state index in [9.17, 15) is 4.79 Å². The topological polar surface area (TPSA) is 74.3 Å². The molecule has 0 spiro atoms. The number of hydrogen-bond acceptors (Lipinski definition) is 4. The van der Waals surface area contributed by atoms with Crippen LogP contribution in [0.2, 0.25) is 0 Å². The Balaban J connectivity index is 1.58. The number of pyridine rings is 1. The summed E-state index contributed by atoms with van der Waals surface area (Å²) >= 11 is 0. The van der Waals surface area contributed by atoms with Gasteiger partial charge in [0.15, 0.2) is 0 Å². The van der Waals surface area contributed by atoms with Gasteiger partial charge in [-0.05, 0) is 17.7 Å². The first kappa shape index (κ1) is 13.4. The van der Waals surface area contributed by atoms with E-state index in [0.717, 1.165) is 22.7 Å². The predicted molar refractivity (Wildman–Crippen MR) is 90.2 cm³/mol. The van der Waals surface area contributed by atoms with Crippen molar-refractivity contribution in [2.75, 3.05) is 5.32 Å². The summed E-state index contributed by atoms with van der Waals surface area (Å²) in [6.45, 7) is 1.08. The van der Waals surface area contributed by atoms with E-state index >= 15 is 0 Å². The molecule has 0 amide bonds. The zero-order valence-electron chi connectivity index (χ0n) is 12.9. The molecule has 2 aromatic heterocycles. The average molecular weight is 320 g/mol. The SMILES string of the molecule is N=C1c2c(cc(=O)n3c2N[C@@H]2C=CC=C[C@@H]23)CN1Cc1ccco1. The summed E-state index contributed by atoms with van der Waals surface area (Å²) in [5.74, 6) is 2.01. The van der Waals surface area contributed by atoms with Crippen LogP contribution in [-0.2, 0) is 13.1 Å². The van der Waals surface area contributed by atoms with E-state index < -0.39 is 0 Å². The van der Waals surface area contributed by atoms with Crippen molar-refractivity contribution < 1.29 is 4.42 Å². The second kappa shape index (κ2) is 4.74. The van der Waals surface area contributed by atoms with Crippen LogP contribution in [0.4, 0.5) is 5.82 Å². The van der Waals surface area contributed by atoms with E-state index in [4.69, 9.17) is 9.83 Å². The fourth-order valence-electron chi connectivity index (χ4n) is 3.80. The Morgan fingerprint density at radius 2 is 2.21 bits per heavy atom. The summed E-state index contributed by atoms with van der Waals surface area (Å²) in [7, 11) is 0. The zero-order valence-corrected chi connectivity index (χ0v) is 12.9. The highest BCUT2D eigenvalue weighted by Crippen LogP contribution is 2.37. The number of nitrogens with one attached hydrogen (secondary N) is 2. The molecule has 2 aromatic rings. The maximum Gasteiger partial charge on any atom is 0.253 e. The van der Waals surface area contributed by atoms with E-state index in [0.29, 0.717) is 18.9 Å². The maximum atomic E-state index is 12.6. The average Bonchev–Trinajstić information content (AvgIpc) is 3.26. The molecule has 2 N–H and O–H groups in total.